The molecule has 0 radical (unpaired) electrons. The lowest BCUT2D eigenvalue weighted by atomic mass is 10.1. The Morgan fingerprint density at radius 3 is 2.53 bits per heavy atom. The molecule has 0 saturated heterocycles. The van der Waals surface area contributed by atoms with Crippen LogP contribution in [-0.2, 0) is 4.74 Å². The Labute approximate surface area is 114 Å². The van der Waals surface area contributed by atoms with Gasteiger partial charge in [0.2, 0.25) is 0 Å². The smallest absolute Gasteiger partial charge is 0.147 e. The van der Waals surface area contributed by atoms with E-state index in [0.29, 0.717) is 0 Å². The number of nitrogens with zero attached hydrogens (tertiary/aromatic N) is 1. The van der Waals surface area contributed by atoms with E-state index in [2.05, 4.69) is 24.1 Å². The first-order valence-corrected chi connectivity index (χ1v) is 6.30. The van der Waals surface area contributed by atoms with Crippen molar-refractivity contribution in [1.82, 2.24) is 4.90 Å². The number of rotatable bonds is 1. The summed E-state index contributed by atoms with van der Waals surface area (Å²) in [5.41, 5.74) is 2.00. The van der Waals surface area contributed by atoms with Gasteiger partial charge in [-0.1, -0.05) is 37.4 Å². The van der Waals surface area contributed by atoms with Crippen LogP contribution in [-0.4, -0.2) is 11.9 Å². The predicted molar refractivity (Wildman–Crippen MR) is 80.1 cm³/mol. The van der Waals surface area contributed by atoms with Gasteiger partial charge in [0.25, 0.3) is 0 Å². The van der Waals surface area contributed by atoms with E-state index in [1.54, 1.807) is 0 Å². The average Bonchev–Trinajstić information content (AvgIpc) is 2.40. The van der Waals surface area contributed by atoms with Gasteiger partial charge in [0.15, 0.2) is 0 Å². The fraction of sp³-hybridized carbons (Fsp3) is 0.176. The summed E-state index contributed by atoms with van der Waals surface area (Å²) in [5, 5.41) is 2.06. The molecule has 0 aliphatic carbocycles. The Hall–Kier alpha value is -2.22. The zero-order valence-corrected chi connectivity index (χ0v) is 11.7. The Morgan fingerprint density at radius 1 is 1.26 bits per heavy atom. The van der Waals surface area contributed by atoms with Gasteiger partial charge < -0.3 is 9.64 Å². The second-order valence-electron chi connectivity index (χ2n) is 4.47. The number of hydrogen-bond donors (Lipinski definition) is 0. The van der Waals surface area contributed by atoms with E-state index in [1.165, 1.54) is 0 Å². The van der Waals surface area contributed by atoms with Crippen LogP contribution in [0.15, 0.2) is 60.2 Å². The minimum absolute atomic E-state index is 0.849. The summed E-state index contributed by atoms with van der Waals surface area (Å²) in [5.74, 6) is 1.71. The highest BCUT2D eigenvalue weighted by Gasteiger charge is 2.23. The minimum Gasteiger partial charge on any atom is -0.458 e. The summed E-state index contributed by atoms with van der Waals surface area (Å²) >= 11 is 0. The van der Waals surface area contributed by atoms with Gasteiger partial charge in [-0.2, -0.15) is 0 Å². The molecule has 0 amide bonds. The zero-order chi connectivity index (χ0) is 14.0. The lowest BCUT2D eigenvalue weighted by Gasteiger charge is -2.32. The van der Waals surface area contributed by atoms with Crippen molar-refractivity contribution in [3.63, 3.8) is 0 Å². The molecule has 1 aliphatic rings. The van der Waals surface area contributed by atoms with Crippen molar-refractivity contribution in [3.05, 3.63) is 70.6 Å². The van der Waals surface area contributed by atoms with Crippen molar-refractivity contribution in [2.75, 3.05) is 7.05 Å². The Bertz CT molecular complexity index is 679. The zero-order valence-electron chi connectivity index (χ0n) is 11.7. The fourth-order valence-corrected chi connectivity index (χ4v) is 2.33. The number of allylic oxidation sites excluding steroid dienone is 3. The molecule has 0 bridgehead atoms. The van der Waals surface area contributed by atoms with Gasteiger partial charge in [-0.3, -0.25) is 0 Å². The number of benzene rings is 1. The first-order valence-electron chi connectivity index (χ1n) is 6.30. The topological polar surface area (TPSA) is 12.5 Å². The molecule has 1 aromatic carbocycles. The lowest BCUT2D eigenvalue weighted by Crippen LogP contribution is -2.35. The van der Waals surface area contributed by atoms with E-state index >= 15 is 0 Å². The van der Waals surface area contributed by atoms with Crippen molar-refractivity contribution < 1.29 is 4.74 Å². The van der Waals surface area contributed by atoms with Crippen LogP contribution in [0, 0.1) is 0 Å². The maximum atomic E-state index is 5.89. The van der Waals surface area contributed by atoms with E-state index in [1.807, 2.05) is 51.2 Å². The van der Waals surface area contributed by atoms with Crippen LogP contribution in [0.5, 0.6) is 0 Å². The summed E-state index contributed by atoms with van der Waals surface area (Å²) in [7, 11) is 2.02. The molecule has 0 spiro atoms. The van der Waals surface area contributed by atoms with E-state index in [0.717, 1.165) is 33.3 Å². The van der Waals surface area contributed by atoms with Gasteiger partial charge in [-0.15, -0.1) is 0 Å². The Kier molecular flexibility index (Phi) is 3.61. The molecule has 1 heterocycles. The summed E-state index contributed by atoms with van der Waals surface area (Å²) < 4.78 is 5.89. The normalized spacial score (nSPS) is 20.6. The van der Waals surface area contributed by atoms with Gasteiger partial charge >= 0.3 is 0 Å². The third-order valence-corrected chi connectivity index (χ3v) is 3.28. The van der Waals surface area contributed by atoms with Crippen molar-refractivity contribution in [1.29, 1.82) is 0 Å². The highest BCUT2D eigenvalue weighted by molar-refractivity contribution is 5.64. The van der Waals surface area contributed by atoms with Crippen molar-refractivity contribution >= 4 is 12.3 Å². The van der Waals surface area contributed by atoms with E-state index < -0.39 is 0 Å². The average molecular weight is 253 g/mol. The van der Waals surface area contributed by atoms with Crippen LogP contribution in [0.2, 0.25) is 0 Å². The first kappa shape index (κ1) is 13.2. The molecule has 2 rings (SSSR count). The summed E-state index contributed by atoms with van der Waals surface area (Å²) in [4.78, 5) is 2.10. The molecule has 0 unspecified atom stereocenters. The predicted octanol–water partition coefficient (Wildman–Crippen LogP) is 2.49. The van der Waals surface area contributed by atoms with E-state index in [-0.39, 0.29) is 0 Å². The molecular formula is C17H19NO. The molecule has 0 aromatic heterocycles. The van der Waals surface area contributed by atoms with Crippen LogP contribution in [0.1, 0.15) is 13.8 Å². The number of likely N-dealkylation sites (N-methyl/N-ethyl adjacent to an activating group) is 1. The molecule has 98 valence electrons. The summed E-state index contributed by atoms with van der Waals surface area (Å²) in [6.07, 6.45) is 3.79. The summed E-state index contributed by atoms with van der Waals surface area (Å²) in [6, 6.07) is 8.06. The summed E-state index contributed by atoms with van der Waals surface area (Å²) in [6.45, 7) is 11.9. The van der Waals surface area contributed by atoms with Gasteiger partial charge in [0, 0.05) is 12.3 Å². The Balaban J connectivity index is 2.83. The lowest BCUT2D eigenvalue weighted by molar-refractivity contribution is 0.277. The second kappa shape index (κ2) is 5.19. The SMILES string of the molecule is C=CC1=C(C)OC(=CC)/C(=c2/ccccc2=C)N1C. The number of ether oxygens (including phenoxy) is 1. The molecule has 1 aliphatic heterocycles. The maximum Gasteiger partial charge on any atom is 0.147 e. The third-order valence-electron chi connectivity index (χ3n) is 3.28. The third kappa shape index (κ3) is 2.22. The number of hydrogen-bond acceptors (Lipinski definition) is 2. The first-order chi connectivity index (χ1) is 9.10. The van der Waals surface area contributed by atoms with Crippen LogP contribution in [0.4, 0.5) is 0 Å². The molecule has 19 heavy (non-hydrogen) atoms. The minimum atomic E-state index is 0.849. The molecule has 2 nitrogen and oxygen atoms in total. The Morgan fingerprint density at radius 2 is 1.95 bits per heavy atom. The van der Waals surface area contributed by atoms with Crippen LogP contribution in [0.3, 0.4) is 0 Å². The largest absolute Gasteiger partial charge is 0.458 e. The van der Waals surface area contributed by atoms with Crippen molar-refractivity contribution in [2.45, 2.75) is 13.8 Å². The second-order valence-corrected chi connectivity index (χ2v) is 4.47. The standard InChI is InChI=1S/C17H19NO/c1-6-15-13(4)19-16(7-2)17(18(15)5)14-11-9-8-10-12(14)3/h6-11H,1,3H2,2,4-5H3/b16-7?,17-14+. The monoisotopic (exact) mass is 253 g/mol. The van der Waals surface area contributed by atoms with Gasteiger partial charge in [0.05, 0.1) is 11.4 Å². The molecule has 0 fully saturated rings. The maximum absolute atomic E-state index is 5.89. The van der Waals surface area contributed by atoms with E-state index in [4.69, 9.17) is 4.74 Å². The molecule has 1 aromatic rings. The molecule has 0 atom stereocenters. The highest BCUT2D eigenvalue weighted by Crippen LogP contribution is 2.30. The molecule has 2 heteroatoms. The quantitative estimate of drug-likeness (QED) is 0.762. The van der Waals surface area contributed by atoms with Crippen LogP contribution in [0.25, 0.3) is 12.3 Å². The van der Waals surface area contributed by atoms with Crippen LogP contribution >= 0.6 is 0 Å². The highest BCUT2D eigenvalue weighted by atomic mass is 16.5. The van der Waals surface area contributed by atoms with Crippen molar-refractivity contribution in [2.24, 2.45) is 0 Å². The van der Waals surface area contributed by atoms with Crippen LogP contribution < -0.4 is 10.4 Å². The fourth-order valence-electron chi connectivity index (χ4n) is 2.33. The van der Waals surface area contributed by atoms with Gasteiger partial charge in [-0.25, -0.2) is 0 Å². The van der Waals surface area contributed by atoms with E-state index in [9.17, 15) is 0 Å². The van der Waals surface area contributed by atoms with Gasteiger partial charge in [-0.05, 0) is 31.2 Å². The molecular weight excluding hydrogens is 234 g/mol. The van der Waals surface area contributed by atoms with Crippen molar-refractivity contribution in [3.8, 4) is 0 Å². The van der Waals surface area contributed by atoms with Gasteiger partial charge in [0.1, 0.15) is 11.5 Å². The molecule has 0 saturated carbocycles. The molecule has 0 N–H and O–H groups in total.